The van der Waals surface area contributed by atoms with Crippen LogP contribution < -0.4 is 9.47 Å². The van der Waals surface area contributed by atoms with Crippen LogP contribution in [0.5, 0.6) is 0 Å². The number of pyridine rings is 1. The highest BCUT2D eigenvalue weighted by Crippen LogP contribution is 2.15. The van der Waals surface area contributed by atoms with Crippen LogP contribution in [0, 0.1) is 0 Å². The van der Waals surface area contributed by atoms with Crippen LogP contribution in [0.25, 0.3) is 12.2 Å². The molecule has 0 aliphatic heterocycles. The van der Waals surface area contributed by atoms with Gasteiger partial charge in [-0.05, 0) is 29.7 Å². The van der Waals surface area contributed by atoms with Crippen LogP contribution in [0.4, 0.5) is 5.69 Å². The van der Waals surface area contributed by atoms with E-state index in [0.29, 0.717) is 0 Å². The molecule has 0 N–H and O–H groups in total. The average molecular weight is 492 g/mol. The van der Waals surface area contributed by atoms with Gasteiger partial charge in [0, 0.05) is 38.3 Å². The van der Waals surface area contributed by atoms with Crippen molar-refractivity contribution < 1.29 is 4.57 Å². The molecule has 1 heterocycles. The Hall–Kier alpha value is -2.09. The van der Waals surface area contributed by atoms with E-state index in [1.54, 1.807) is 0 Å². The number of rotatable bonds is 21. The standard InChI is InChI=1S/C34H55N2/c1-4-5-6-7-8-9-10-11-12-13-14-15-16-17-18-19-20-29-36-30-27-33(28-31-36)22-21-32-23-25-34(26-24-32)35(2)3/h21-28,30-31H,4-20,29H2,1-3H3/q+1. The van der Waals surface area contributed by atoms with Gasteiger partial charge in [-0.1, -0.05) is 128 Å². The van der Waals surface area contributed by atoms with Crippen LogP contribution in [0.3, 0.4) is 0 Å². The van der Waals surface area contributed by atoms with Gasteiger partial charge in [0.05, 0.1) is 0 Å². The molecule has 2 aromatic rings. The summed E-state index contributed by atoms with van der Waals surface area (Å²) < 4.78 is 2.33. The summed E-state index contributed by atoms with van der Waals surface area (Å²) in [5, 5.41) is 0. The fraction of sp³-hybridized carbons (Fsp3) is 0.618. The summed E-state index contributed by atoms with van der Waals surface area (Å²) in [7, 11) is 4.15. The predicted octanol–water partition coefficient (Wildman–Crippen LogP) is 9.86. The van der Waals surface area contributed by atoms with E-state index >= 15 is 0 Å². The molecule has 0 saturated heterocycles. The van der Waals surface area contributed by atoms with Crippen molar-refractivity contribution in [1.82, 2.24) is 0 Å². The van der Waals surface area contributed by atoms with E-state index in [9.17, 15) is 0 Å². The normalized spacial score (nSPS) is 11.4. The van der Waals surface area contributed by atoms with Gasteiger partial charge >= 0.3 is 0 Å². The lowest BCUT2D eigenvalue weighted by Gasteiger charge is -2.11. The van der Waals surface area contributed by atoms with E-state index in [0.717, 1.165) is 6.54 Å². The minimum absolute atomic E-state index is 1.13. The maximum Gasteiger partial charge on any atom is 0.169 e. The zero-order valence-corrected chi connectivity index (χ0v) is 23.9. The van der Waals surface area contributed by atoms with Crippen molar-refractivity contribution in [3.8, 4) is 0 Å². The summed E-state index contributed by atoms with van der Waals surface area (Å²) in [5.41, 5.74) is 3.73. The molecule has 2 rings (SSSR count). The summed E-state index contributed by atoms with van der Waals surface area (Å²) in [5.74, 6) is 0. The molecule has 0 spiro atoms. The molecule has 36 heavy (non-hydrogen) atoms. The Bertz CT molecular complexity index is 789. The number of anilines is 1. The van der Waals surface area contributed by atoms with Crippen molar-refractivity contribution in [2.24, 2.45) is 0 Å². The lowest BCUT2D eigenvalue weighted by atomic mass is 10.0. The third kappa shape index (κ3) is 14.5. The minimum atomic E-state index is 1.13. The van der Waals surface area contributed by atoms with E-state index < -0.39 is 0 Å². The van der Waals surface area contributed by atoms with Gasteiger partial charge in [0.15, 0.2) is 12.4 Å². The van der Waals surface area contributed by atoms with E-state index in [4.69, 9.17) is 0 Å². The molecule has 1 aromatic carbocycles. The lowest BCUT2D eigenvalue weighted by Crippen LogP contribution is -2.32. The second-order valence-corrected chi connectivity index (χ2v) is 10.8. The summed E-state index contributed by atoms with van der Waals surface area (Å²) in [4.78, 5) is 2.13. The Labute approximate surface area is 223 Å². The zero-order chi connectivity index (χ0) is 25.7. The topological polar surface area (TPSA) is 7.12 Å². The molecule has 0 unspecified atom stereocenters. The number of hydrogen-bond donors (Lipinski definition) is 0. The fourth-order valence-corrected chi connectivity index (χ4v) is 4.82. The van der Waals surface area contributed by atoms with Crippen molar-refractivity contribution in [1.29, 1.82) is 0 Å². The van der Waals surface area contributed by atoms with Crippen LogP contribution >= 0.6 is 0 Å². The monoisotopic (exact) mass is 491 g/mol. The first-order valence-corrected chi connectivity index (χ1v) is 15.1. The average Bonchev–Trinajstić information content (AvgIpc) is 2.90. The Balaban J connectivity index is 1.42. The van der Waals surface area contributed by atoms with Crippen LogP contribution in [-0.2, 0) is 6.54 Å². The number of benzene rings is 1. The van der Waals surface area contributed by atoms with E-state index in [2.05, 4.69) is 91.4 Å². The maximum absolute atomic E-state index is 2.33. The van der Waals surface area contributed by atoms with Crippen molar-refractivity contribution in [3.63, 3.8) is 0 Å². The Morgan fingerprint density at radius 1 is 0.528 bits per heavy atom. The second-order valence-electron chi connectivity index (χ2n) is 10.8. The van der Waals surface area contributed by atoms with Gasteiger partial charge in [-0.15, -0.1) is 0 Å². The van der Waals surface area contributed by atoms with Gasteiger partial charge < -0.3 is 4.90 Å². The maximum atomic E-state index is 2.33. The number of aryl methyl sites for hydroxylation is 1. The number of aromatic nitrogens is 1. The molecule has 0 saturated carbocycles. The van der Waals surface area contributed by atoms with Gasteiger partial charge in [-0.2, -0.15) is 0 Å². The Kier molecular flexibility index (Phi) is 16.8. The highest BCUT2D eigenvalue weighted by molar-refractivity contribution is 5.70. The van der Waals surface area contributed by atoms with E-state index in [1.807, 2.05) is 0 Å². The second kappa shape index (κ2) is 20.0. The van der Waals surface area contributed by atoms with Gasteiger partial charge in [-0.25, -0.2) is 4.57 Å². The largest absolute Gasteiger partial charge is 0.378 e. The molecular formula is C34H55N2+. The third-order valence-electron chi connectivity index (χ3n) is 7.31. The summed E-state index contributed by atoms with van der Waals surface area (Å²) in [6.07, 6.45) is 33.1. The van der Waals surface area contributed by atoms with Crippen LogP contribution in [0.2, 0.25) is 0 Å². The molecule has 0 aliphatic rings. The third-order valence-corrected chi connectivity index (χ3v) is 7.31. The van der Waals surface area contributed by atoms with E-state index in [1.165, 1.54) is 126 Å². The van der Waals surface area contributed by atoms with Gasteiger partial charge in [-0.3, -0.25) is 0 Å². The van der Waals surface area contributed by atoms with Crippen LogP contribution in [0.1, 0.15) is 127 Å². The minimum Gasteiger partial charge on any atom is -0.378 e. The Morgan fingerprint density at radius 3 is 1.33 bits per heavy atom. The van der Waals surface area contributed by atoms with Crippen molar-refractivity contribution >= 4 is 17.8 Å². The molecular weight excluding hydrogens is 436 g/mol. The predicted molar refractivity (Wildman–Crippen MR) is 160 cm³/mol. The first-order valence-electron chi connectivity index (χ1n) is 15.1. The van der Waals surface area contributed by atoms with E-state index in [-0.39, 0.29) is 0 Å². The number of unbranched alkanes of at least 4 members (excludes halogenated alkanes) is 16. The highest BCUT2D eigenvalue weighted by Gasteiger charge is 2.01. The molecule has 0 atom stereocenters. The molecule has 1 aromatic heterocycles. The smallest absolute Gasteiger partial charge is 0.169 e. The van der Waals surface area contributed by atoms with Crippen LogP contribution in [-0.4, -0.2) is 14.1 Å². The first kappa shape index (κ1) is 30.1. The zero-order valence-electron chi connectivity index (χ0n) is 23.9. The number of nitrogens with zero attached hydrogens (tertiary/aromatic N) is 2. The molecule has 200 valence electrons. The van der Waals surface area contributed by atoms with Crippen molar-refractivity contribution in [3.05, 3.63) is 59.9 Å². The van der Waals surface area contributed by atoms with Gasteiger partial charge in [0.2, 0.25) is 0 Å². The van der Waals surface area contributed by atoms with Gasteiger partial charge in [0.1, 0.15) is 6.54 Å². The lowest BCUT2D eigenvalue weighted by molar-refractivity contribution is -0.697. The highest BCUT2D eigenvalue weighted by atomic mass is 15.1. The molecule has 2 heteroatoms. The summed E-state index contributed by atoms with van der Waals surface area (Å²) in [6, 6.07) is 13.1. The Morgan fingerprint density at radius 2 is 0.917 bits per heavy atom. The summed E-state index contributed by atoms with van der Waals surface area (Å²) >= 11 is 0. The molecule has 0 aliphatic carbocycles. The first-order chi connectivity index (χ1) is 17.7. The van der Waals surface area contributed by atoms with Crippen LogP contribution in [0.15, 0.2) is 48.8 Å². The van der Waals surface area contributed by atoms with Crippen molar-refractivity contribution in [2.75, 3.05) is 19.0 Å². The molecule has 0 radical (unpaired) electrons. The SMILES string of the molecule is CCCCCCCCCCCCCCCCCCC[n+]1ccc(/C=C/c2ccc(N(C)C)cc2)cc1. The molecule has 2 nitrogen and oxygen atoms in total. The summed E-state index contributed by atoms with van der Waals surface area (Å²) in [6.45, 7) is 3.43. The fourth-order valence-electron chi connectivity index (χ4n) is 4.82. The quantitative estimate of drug-likeness (QED) is 0.124. The molecule has 0 bridgehead atoms. The molecule has 0 fully saturated rings. The van der Waals surface area contributed by atoms with Crippen molar-refractivity contribution in [2.45, 2.75) is 123 Å². The molecule has 0 amide bonds. The van der Waals surface area contributed by atoms with Gasteiger partial charge in [0.25, 0.3) is 0 Å². The number of hydrogen-bond acceptors (Lipinski definition) is 1.